The fourth-order valence-electron chi connectivity index (χ4n) is 6.11. The number of aryl methyl sites for hydroxylation is 2. The van der Waals surface area contributed by atoms with Crippen molar-refractivity contribution in [1.82, 2.24) is 54.1 Å². The molecule has 0 aliphatic heterocycles. The number of carbonyl (C=O) groups is 2. The highest BCUT2D eigenvalue weighted by atomic mass is 16.5. The molecule has 0 amide bonds. The van der Waals surface area contributed by atoms with Crippen LogP contribution in [0, 0.1) is 13.8 Å². The van der Waals surface area contributed by atoms with Gasteiger partial charge in [0.15, 0.2) is 34.6 Å². The summed E-state index contributed by atoms with van der Waals surface area (Å²) >= 11 is 0. The Hall–Kier alpha value is -7.39. The van der Waals surface area contributed by atoms with Crippen molar-refractivity contribution in [1.29, 1.82) is 0 Å². The maximum Gasteiger partial charge on any atom is 0.343 e. The number of nitrogens with two attached hydrogens (primary N) is 2. The zero-order chi connectivity index (χ0) is 38.8. The van der Waals surface area contributed by atoms with Gasteiger partial charge in [0.2, 0.25) is 0 Å². The average Bonchev–Trinajstić information content (AvgIpc) is 3.96. The van der Waals surface area contributed by atoms with E-state index < -0.39 is 17.9 Å². The van der Waals surface area contributed by atoms with Gasteiger partial charge >= 0.3 is 17.9 Å². The number of carbonyl (C=O) groups excluding carboxylic acids is 2. The van der Waals surface area contributed by atoms with E-state index in [1.165, 1.54) is 31.3 Å². The van der Waals surface area contributed by atoms with Crippen molar-refractivity contribution in [2.75, 3.05) is 25.7 Å². The minimum absolute atomic E-state index is 0.0308. The zero-order valence-electron chi connectivity index (χ0n) is 30.1. The number of nitrogens with zero attached hydrogens (tertiary/aromatic N) is 15. The number of anilines is 2. The van der Waals surface area contributed by atoms with Crippen LogP contribution in [0.4, 0.5) is 34.6 Å². The van der Waals surface area contributed by atoms with E-state index in [0.717, 1.165) is 41.5 Å². The van der Waals surface area contributed by atoms with E-state index in [0.29, 0.717) is 17.1 Å². The van der Waals surface area contributed by atoms with E-state index in [1.807, 2.05) is 6.07 Å². The Labute approximate surface area is 311 Å². The van der Waals surface area contributed by atoms with E-state index >= 15 is 0 Å². The lowest BCUT2D eigenvalue weighted by Crippen LogP contribution is -2.14. The second-order valence-corrected chi connectivity index (χ2v) is 12.3. The Morgan fingerprint density at radius 3 is 1.82 bits per heavy atom. The van der Waals surface area contributed by atoms with Gasteiger partial charge in [0, 0.05) is 0 Å². The molecule has 282 valence electrons. The van der Waals surface area contributed by atoms with Gasteiger partial charge in [0.25, 0.3) is 11.9 Å². The van der Waals surface area contributed by atoms with Gasteiger partial charge in [-0.25, -0.2) is 19.0 Å². The highest BCUT2D eigenvalue weighted by molar-refractivity contribution is 5.94. The smallest absolute Gasteiger partial charge is 0.343 e. The van der Waals surface area contributed by atoms with Crippen molar-refractivity contribution in [3.63, 3.8) is 0 Å². The molecule has 0 spiro atoms. The minimum atomic E-state index is -0.694. The van der Waals surface area contributed by atoms with E-state index in [1.54, 1.807) is 42.8 Å². The molecule has 0 radical (unpaired) electrons. The second kappa shape index (κ2) is 14.9. The lowest BCUT2D eigenvalue weighted by atomic mass is 9.96. The Morgan fingerprint density at radius 1 is 0.727 bits per heavy atom. The SMILES string of the molecule is COC(=O)c1cnn(-c2ccccc2)c1N=Nc1c(C)nn(-c2nc(O)nc(-n3nc(C)c(N=Nc4c(C(=O)OC)cnn4C4CCCCC4)c3N)n2)c1N. The van der Waals surface area contributed by atoms with E-state index in [2.05, 4.69) is 55.8 Å². The van der Waals surface area contributed by atoms with Gasteiger partial charge in [0.1, 0.15) is 11.1 Å². The molecule has 22 nitrogen and oxygen atoms in total. The quantitative estimate of drug-likeness (QED) is 0.122. The van der Waals surface area contributed by atoms with Crippen molar-refractivity contribution in [3.05, 3.63) is 65.2 Å². The molecule has 1 aromatic carbocycles. The summed E-state index contributed by atoms with van der Waals surface area (Å²) in [7, 11) is 2.52. The summed E-state index contributed by atoms with van der Waals surface area (Å²) in [6, 6.07) is 8.36. The maximum absolute atomic E-state index is 12.6. The number of aromatic nitrogens is 11. The number of esters is 2. The normalized spacial score (nSPS) is 13.6. The van der Waals surface area contributed by atoms with Crippen LogP contribution in [-0.4, -0.2) is 85.3 Å². The molecule has 6 aromatic rings. The fourth-order valence-corrected chi connectivity index (χ4v) is 6.11. The van der Waals surface area contributed by atoms with Gasteiger partial charge < -0.3 is 26.0 Å². The second-order valence-electron chi connectivity index (χ2n) is 12.3. The summed E-state index contributed by atoms with van der Waals surface area (Å²) in [5, 5.41) is 45.6. The molecular formula is C33H35N17O5. The number of hydrogen-bond donors (Lipinski definition) is 3. The van der Waals surface area contributed by atoms with Crippen LogP contribution in [0.15, 0.2) is 63.2 Å². The first-order valence-electron chi connectivity index (χ1n) is 17.0. The summed E-state index contributed by atoms with van der Waals surface area (Å²) in [4.78, 5) is 37.6. The van der Waals surface area contributed by atoms with Crippen molar-refractivity contribution in [2.24, 2.45) is 20.5 Å². The molecule has 0 unspecified atom stereocenters. The van der Waals surface area contributed by atoms with Crippen LogP contribution in [0.5, 0.6) is 6.01 Å². The number of azo groups is 2. The standard InChI is InChI=1S/C33H35N17O5/c1-17-23(41-43-27-21(29(51)54-3)15-36-47(27)19-11-7-5-8-12-19)25(34)49(45-17)31-38-32(40-33(53)39-31)50-26(35)24(18(2)46-50)42-44-28-22(30(52)55-4)16-37-48(28)20-13-9-6-10-14-20/h5,7-8,11-12,15-16,20H,6,9-10,13-14,34-35H2,1-4H3,(H,38,39,40,53). The molecule has 5 heterocycles. The third-order valence-corrected chi connectivity index (χ3v) is 8.84. The Bertz CT molecular complexity index is 2450. The molecule has 7 rings (SSSR count). The van der Waals surface area contributed by atoms with Gasteiger partial charge in [-0.1, -0.05) is 37.5 Å². The number of hydrogen-bond acceptors (Lipinski definition) is 18. The number of aromatic hydroxyl groups is 1. The highest BCUT2D eigenvalue weighted by Crippen LogP contribution is 2.36. The molecule has 0 atom stereocenters. The molecule has 0 bridgehead atoms. The first-order chi connectivity index (χ1) is 26.6. The molecular weight excluding hydrogens is 714 g/mol. The molecule has 22 heteroatoms. The van der Waals surface area contributed by atoms with Gasteiger partial charge in [-0.2, -0.15) is 44.7 Å². The molecule has 5 N–H and O–H groups in total. The molecule has 1 saturated carbocycles. The van der Waals surface area contributed by atoms with Crippen LogP contribution < -0.4 is 11.5 Å². The van der Waals surface area contributed by atoms with E-state index in [9.17, 15) is 14.7 Å². The Morgan fingerprint density at radius 2 is 1.25 bits per heavy atom. The summed E-state index contributed by atoms with van der Waals surface area (Å²) in [6.07, 6.45) is 7.70. The van der Waals surface area contributed by atoms with Crippen molar-refractivity contribution >= 4 is 46.6 Å². The number of ether oxygens (including phenoxy) is 2. The van der Waals surface area contributed by atoms with Crippen LogP contribution in [0.1, 0.15) is 70.2 Å². The first-order valence-corrected chi connectivity index (χ1v) is 17.0. The fraction of sp³-hybridized carbons (Fsp3) is 0.303. The Balaban J connectivity index is 1.22. The van der Waals surface area contributed by atoms with Crippen LogP contribution in [-0.2, 0) is 9.47 Å². The lowest BCUT2D eigenvalue weighted by Gasteiger charge is -2.22. The molecule has 55 heavy (non-hydrogen) atoms. The minimum Gasteiger partial charge on any atom is -0.479 e. The molecule has 1 fully saturated rings. The number of benzene rings is 1. The summed E-state index contributed by atoms with van der Waals surface area (Å²) in [5.74, 6) is -1.45. The molecule has 1 aliphatic rings. The van der Waals surface area contributed by atoms with Crippen LogP contribution in [0.2, 0.25) is 0 Å². The number of nitrogen functional groups attached to an aromatic ring is 2. The third kappa shape index (κ3) is 6.82. The summed E-state index contributed by atoms with van der Waals surface area (Å²) in [6.45, 7) is 3.27. The monoisotopic (exact) mass is 749 g/mol. The highest BCUT2D eigenvalue weighted by Gasteiger charge is 2.26. The average molecular weight is 750 g/mol. The van der Waals surface area contributed by atoms with Gasteiger partial charge in [-0.3, -0.25) is 0 Å². The van der Waals surface area contributed by atoms with Crippen LogP contribution in [0.25, 0.3) is 17.6 Å². The predicted molar refractivity (Wildman–Crippen MR) is 193 cm³/mol. The number of para-hydroxylation sites is 1. The van der Waals surface area contributed by atoms with E-state index in [-0.39, 0.29) is 63.7 Å². The zero-order valence-corrected chi connectivity index (χ0v) is 30.1. The Kier molecular flexibility index (Phi) is 9.76. The molecule has 1 aliphatic carbocycles. The number of rotatable bonds is 10. The van der Waals surface area contributed by atoms with Crippen molar-refractivity contribution < 1.29 is 24.2 Å². The summed E-state index contributed by atoms with van der Waals surface area (Å²) < 4.78 is 15.3. The topological polar surface area (TPSA) is 284 Å². The summed E-state index contributed by atoms with van der Waals surface area (Å²) in [5.41, 5.74) is 14.7. The van der Waals surface area contributed by atoms with Gasteiger partial charge in [0.05, 0.1) is 49.7 Å². The largest absolute Gasteiger partial charge is 0.479 e. The van der Waals surface area contributed by atoms with Crippen LogP contribution >= 0.6 is 0 Å². The lowest BCUT2D eigenvalue weighted by molar-refractivity contribution is 0.0592. The van der Waals surface area contributed by atoms with Gasteiger partial charge in [-0.15, -0.1) is 20.5 Å². The predicted octanol–water partition coefficient (Wildman–Crippen LogP) is 5.02. The van der Waals surface area contributed by atoms with Crippen molar-refractivity contribution in [2.45, 2.75) is 52.0 Å². The van der Waals surface area contributed by atoms with Crippen LogP contribution in [0.3, 0.4) is 0 Å². The number of methoxy groups -OCH3 is 2. The van der Waals surface area contributed by atoms with Gasteiger partial charge in [-0.05, 0) is 38.8 Å². The third-order valence-electron chi connectivity index (χ3n) is 8.84. The molecule has 5 aromatic heterocycles. The maximum atomic E-state index is 12.6. The molecule has 0 saturated heterocycles. The van der Waals surface area contributed by atoms with E-state index in [4.69, 9.17) is 20.9 Å². The van der Waals surface area contributed by atoms with Crippen molar-refractivity contribution in [3.8, 4) is 23.6 Å². The first kappa shape index (κ1) is 36.0.